The van der Waals surface area contributed by atoms with E-state index in [1.807, 2.05) is 36.4 Å². The van der Waals surface area contributed by atoms with Crippen LogP contribution in [-0.4, -0.2) is 5.78 Å². The Bertz CT molecular complexity index is 998. The Labute approximate surface area is 188 Å². The smallest absolute Gasteiger partial charge is 0.171 e. The highest BCUT2D eigenvalue weighted by molar-refractivity contribution is 7.99. The minimum Gasteiger partial charge on any atom is -0.457 e. The van der Waals surface area contributed by atoms with E-state index in [-0.39, 0.29) is 22.7 Å². The van der Waals surface area contributed by atoms with Gasteiger partial charge < -0.3 is 4.42 Å². The monoisotopic (exact) mass is 440 g/mol. The normalized spacial score (nSPS) is 28.4. The number of hydrogen-bond donors (Lipinski definition) is 0. The van der Waals surface area contributed by atoms with Crippen molar-refractivity contribution in [3.05, 3.63) is 64.9 Å². The van der Waals surface area contributed by atoms with E-state index in [1.165, 1.54) is 12.0 Å². The summed E-state index contributed by atoms with van der Waals surface area (Å²) in [5.74, 6) is 0.638. The fraction of sp³-hybridized carbons (Fsp3) is 0.423. The number of furan rings is 1. The van der Waals surface area contributed by atoms with Crippen molar-refractivity contribution in [1.82, 2.24) is 0 Å². The van der Waals surface area contributed by atoms with Crippen molar-refractivity contribution >= 4 is 35.2 Å². The minimum absolute atomic E-state index is 0.0403. The Hall–Kier alpha value is -1.71. The van der Waals surface area contributed by atoms with Gasteiger partial charge in [-0.2, -0.15) is 0 Å². The van der Waals surface area contributed by atoms with Crippen LogP contribution in [0.15, 0.2) is 68.7 Å². The minimum atomic E-state index is -0.0403. The molecule has 4 rings (SSSR count). The molecule has 158 valence electrons. The van der Waals surface area contributed by atoms with Crippen LogP contribution in [-0.2, 0) is 4.79 Å². The number of benzene rings is 1. The Morgan fingerprint density at radius 3 is 2.60 bits per heavy atom. The van der Waals surface area contributed by atoms with E-state index >= 15 is 0 Å². The zero-order chi connectivity index (χ0) is 21.5. The third-order valence-electron chi connectivity index (χ3n) is 6.98. The lowest BCUT2D eigenvalue weighted by molar-refractivity contribution is -0.134. The lowest BCUT2D eigenvalue weighted by Crippen LogP contribution is -2.52. The summed E-state index contributed by atoms with van der Waals surface area (Å²) in [6.45, 7) is 8.95. The highest BCUT2D eigenvalue weighted by Crippen LogP contribution is 2.58. The molecule has 1 fully saturated rings. The quantitative estimate of drug-likeness (QED) is 0.481. The van der Waals surface area contributed by atoms with E-state index in [0.717, 1.165) is 33.4 Å². The Morgan fingerprint density at radius 2 is 1.87 bits per heavy atom. The van der Waals surface area contributed by atoms with Crippen LogP contribution in [0.2, 0.25) is 5.02 Å². The van der Waals surface area contributed by atoms with Gasteiger partial charge in [-0.25, -0.2) is 0 Å². The topological polar surface area (TPSA) is 30.2 Å². The van der Waals surface area contributed by atoms with Gasteiger partial charge in [0.25, 0.3) is 0 Å². The van der Waals surface area contributed by atoms with Crippen LogP contribution in [0, 0.1) is 22.7 Å². The van der Waals surface area contributed by atoms with Crippen molar-refractivity contribution in [3.8, 4) is 0 Å². The van der Waals surface area contributed by atoms with Gasteiger partial charge in [-0.1, -0.05) is 68.3 Å². The number of rotatable bonds is 4. The predicted octanol–water partition coefficient (Wildman–Crippen LogP) is 8.08. The van der Waals surface area contributed by atoms with Crippen LogP contribution in [0.4, 0.5) is 0 Å². The molecule has 0 bridgehead atoms. The SMILES string of the molecule is CC1=CC(=O)[C@H]2C(C)(C)CCC[C@]2(C)[C@H]1/C=C/c1ccoc1Sc1ccc(Cl)cc1. The molecule has 30 heavy (non-hydrogen) atoms. The molecule has 2 aromatic rings. The maximum Gasteiger partial charge on any atom is 0.171 e. The molecule has 4 heteroatoms. The summed E-state index contributed by atoms with van der Waals surface area (Å²) in [6, 6.07) is 9.78. The Balaban J connectivity index is 1.62. The van der Waals surface area contributed by atoms with Gasteiger partial charge in [0.1, 0.15) is 0 Å². The third-order valence-corrected chi connectivity index (χ3v) is 8.26. The van der Waals surface area contributed by atoms with Gasteiger partial charge in [0, 0.05) is 27.3 Å². The van der Waals surface area contributed by atoms with Gasteiger partial charge in [0.2, 0.25) is 0 Å². The average Bonchev–Trinajstić information content (AvgIpc) is 3.09. The first-order valence-corrected chi connectivity index (χ1v) is 11.8. The molecule has 1 aromatic carbocycles. The second-order valence-corrected chi connectivity index (χ2v) is 11.1. The van der Waals surface area contributed by atoms with Gasteiger partial charge in [-0.15, -0.1) is 0 Å². The second kappa shape index (κ2) is 8.09. The maximum absolute atomic E-state index is 13.0. The van der Waals surface area contributed by atoms with E-state index in [0.29, 0.717) is 5.78 Å². The van der Waals surface area contributed by atoms with Crippen molar-refractivity contribution in [1.29, 1.82) is 0 Å². The first kappa shape index (κ1) is 21.5. The van der Waals surface area contributed by atoms with E-state index in [2.05, 4.69) is 39.8 Å². The average molecular weight is 441 g/mol. The molecule has 1 heterocycles. The Morgan fingerprint density at radius 1 is 1.13 bits per heavy atom. The molecular formula is C26H29ClO2S. The molecule has 2 aliphatic carbocycles. The molecule has 3 atom stereocenters. The molecule has 0 unspecified atom stereocenters. The van der Waals surface area contributed by atoms with Gasteiger partial charge in [0.05, 0.1) is 6.26 Å². The third kappa shape index (κ3) is 3.94. The van der Waals surface area contributed by atoms with Crippen LogP contribution >= 0.6 is 23.4 Å². The molecule has 1 aromatic heterocycles. The van der Waals surface area contributed by atoms with Crippen molar-refractivity contribution in [3.63, 3.8) is 0 Å². The summed E-state index contributed by atoms with van der Waals surface area (Å²) < 4.78 is 5.76. The molecule has 0 aliphatic heterocycles. The molecule has 0 radical (unpaired) electrons. The van der Waals surface area contributed by atoms with Crippen molar-refractivity contribution in [2.24, 2.45) is 22.7 Å². The molecule has 1 saturated carbocycles. The highest BCUT2D eigenvalue weighted by atomic mass is 35.5. The summed E-state index contributed by atoms with van der Waals surface area (Å²) in [7, 11) is 0. The molecule has 0 N–H and O–H groups in total. The highest BCUT2D eigenvalue weighted by Gasteiger charge is 2.54. The number of allylic oxidation sites excluding steroid dienone is 3. The molecule has 0 saturated heterocycles. The van der Waals surface area contributed by atoms with Crippen molar-refractivity contribution < 1.29 is 9.21 Å². The zero-order valence-corrected chi connectivity index (χ0v) is 19.6. The van der Waals surface area contributed by atoms with Gasteiger partial charge >= 0.3 is 0 Å². The number of hydrogen-bond acceptors (Lipinski definition) is 3. The lowest BCUT2D eigenvalue weighted by Gasteiger charge is -2.55. The number of carbonyl (C=O) groups excluding carboxylic acids is 1. The second-order valence-electron chi connectivity index (χ2n) is 9.63. The summed E-state index contributed by atoms with van der Waals surface area (Å²) in [4.78, 5) is 14.1. The maximum atomic E-state index is 13.0. The predicted molar refractivity (Wildman–Crippen MR) is 125 cm³/mol. The summed E-state index contributed by atoms with van der Waals surface area (Å²) >= 11 is 7.59. The van der Waals surface area contributed by atoms with Crippen LogP contribution in [0.3, 0.4) is 0 Å². The summed E-state index contributed by atoms with van der Waals surface area (Å²) in [6.07, 6.45) is 11.5. The van der Waals surface area contributed by atoms with Gasteiger partial charge in [-0.05, 0) is 67.0 Å². The zero-order valence-electron chi connectivity index (χ0n) is 18.1. The van der Waals surface area contributed by atoms with Gasteiger partial charge in [0.15, 0.2) is 10.9 Å². The van der Waals surface area contributed by atoms with Crippen LogP contribution in [0.5, 0.6) is 0 Å². The lowest BCUT2D eigenvalue weighted by atomic mass is 9.48. The fourth-order valence-electron chi connectivity index (χ4n) is 5.76. The van der Waals surface area contributed by atoms with E-state index in [1.54, 1.807) is 18.0 Å². The first-order chi connectivity index (χ1) is 14.2. The van der Waals surface area contributed by atoms with Crippen LogP contribution < -0.4 is 0 Å². The molecular weight excluding hydrogens is 412 g/mol. The number of ketones is 1. The van der Waals surface area contributed by atoms with Crippen molar-refractivity contribution in [2.45, 2.75) is 56.9 Å². The standard InChI is InChI=1S/C26H29ClO2S/c1-17-16-22(28)23-25(2,3)13-5-14-26(23,4)21(17)11-6-18-12-15-29-24(18)30-20-9-7-19(27)8-10-20/h6-12,15-16,21,23H,5,13-14H2,1-4H3/b11-6+/t21-,23-,26+/m0/s1. The molecule has 2 aliphatic rings. The number of carbonyl (C=O) groups is 1. The summed E-state index contributed by atoms with van der Waals surface area (Å²) in [5, 5.41) is 1.60. The van der Waals surface area contributed by atoms with Gasteiger partial charge in [-0.3, -0.25) is 4.79 Å². The molecule has 0 spiro atoms. The van der Waals surface area contributed by atoms with Crippen molar-refractivity contribution in [2.75, 3.05) is 0 Å². The summed E-state index contributed by atoms with van der Waals surface area (Å²) in [5.41, 5.74) is 2.23. The van der Waals surface area contributed by atoms with E-state index in [4.69, 9.17) is 16.0 Å². The molecule has 2 nitrogen and oxygen atoms in total. The largest absolute Gasteiger partial charge is 0.457 e. The van der Waals surface area contributed by atoms with E-state index in [9.17, 15) is 4.79 Å². The number of fused-ring (bicyclic) bond motifs is 1. The Kier molecular flexibility index (Phi) is 5.80. The van der Waals surface area contributed by atoms with Crippen LogP contribution in [0.25, 0.3) is 6.08 Å². The van der Waals surface area contributed by atoms with E-state index < -0.39 is 0 Å². The molecule has 0 amide bonds. The fourth-order valence-corrected chi connectivity index (χ4v) is 6.73. The first-order valence-electron chi connectivity index (χ1n) is 10.6. The number of halogens is 1. The van der Waals surface area contributed by atoms with Crippen LogP contribution in [0.1, 0.15) is 52.5 Å².